The van der Waals surface area contributed by atoms with E-state index in [4.69, 9.17) is 20.8 Å². The third kappa shape index (κ3) is 3.70. The lowest BCUT2D eigenvalue weighted by Gasteiger charge is -2.12. The summed E-state index contributed by atoms with van der Waals surface area (Å²) < 4.78 is 10.6. The van der Waals surface area contributed by atoms with E-state index in [1.54, 1.807) is 30.4 Å². The Morgan fingerprint density at radius 3 is 2.80 bits per heavy atom. The molecule has 0 bridgehead atoms. The molecule has 1 amide bonds. The monoisotopic (exact) mass is 377 g/mol. The Bertz CT molecular complexity index is 917. The van der Waals surface area contributed by atoms with E-state index in [1.807, 2.05) is 30.5 Å². The molecule has 7 heteroatoms. The topological polar surface area (TPSA) is 68.5 Å². The van der Waals surface area contributed by atoms with Gasteiger partial charge in [0.25, 0.3) is 5.91 Å². The van der Waals surface area contributed by atoms with E-state index in [9.17, 15) is 9.59 Å². The van der Waals surface area contributed by atoms with Crippen molar-refractivity contribution in [3.63, 3.8) is 0 Å². The van der Waals surface area contributed by atoms with E-state index in [1.165, 1.54) is 0 Å². The van der Waals surface area contributed by atoms with Crippen LogP contribution in [0.2, 0.25) is 5.02 Å². The molecule has 0 aliphatic rings. The number of fused-ring (bicyclic) bond motifs is 1. The summed E-state index contributed by atoms with van der Waals surface area (Å²) >= 11 is 7.62. The van der Waals surface area contributed by atoms with Gasteiger partial charge in [0, 0.05) is 15.8 Å². The first-order valence-electron chi connectivity index (χ1n) is 7.65. The molecule has 0 radical (unpaired) electrons. The van der Waals surface area contributed by atoms with Crippen LogP contribution in [0, 0.1) is 6.92 Å². The molecule has 1 unspecified atom stereocenters. The number of benzene rings is 1. The SMILES string of the molecule is Cc1c(C(=O)OCC(=O)NC(C)c2cccs2)oc2c(Cl)cccc12. The van der Waals surface area contributed by atoms with Gasteiger partial charge in [-0.05, 0) is 31.4 Å². The molecule has 2 aromatic heterocycles. The quantitative estimate of drug-likeness (QED) is 0.665. The molecule has 0 spiro atoms. The Balaban J connectivity index is 1.64. The number of hydrogen-bond donors (Lipinski definition) is 1. The lowest BCUT2D eigenvalue weighted by molar-refractivity contribution is -0.124. The van der Waals surface area contributed by atoms with Crippen molar-refractivity contribution < 1.29 is 18.7 Å². The summed E-state index contributed by atoms with van der Waals surface area (Å²) in [6, 6.07) is 8.98. The van der Waals surface area contributed by atoms with Crippen LogP contribution in [0.3, 0.4) is 0 Å². The molecule has 25 heavy (non-hydrogen) atoms. The number of esters is 1. The molecular formula is C18H16ClNO4S. The number of thiophene rings is 1. The normalized spacial score (nSPS) is 12.1. The van der Waals surface area contributed by atoms with Gasteiger partial charge in [-0.15, -0.1) is 11.3 Å². The number of halogens is 1. The number of nitrogens with one attached hydrogen (secondary N) is 1. The number of carbonyl (C=O) groups excluding carboxylic acids is 2. The molecule has 5 nitrogen and oxygen atoms in total. The number of para-hydroxylation sites is 1. The first-order valence-corrected chi connectivity index (χ1v) is 8.90. The van der Waals surface area contributed by atoms with Crippen LogP contribution in [-0.2, 0) is 9.53 Å². The van der Waals surface area contributed by atoms with Gasteiger partial charge in [0.1, 0.15) is 0 Å². The van der Waals surface area contributed by atoms with Crippen LogP contribution in [-0.4, -0.2) is 18.5 Å². The Labute approximate surface area is 153 Å². The molecule has 0 saturated heterocycles. The highest BCUT2D eigenvalue weighted by molar-refractivity contribution is 7.10. The number of hydrogen-bond acceptors (Lipinski definition) is 5. The van der Waals surface area contributed by atoms with Crippen molar-refractivity contribution in [2.24, 2.45) is 0 Å². The van der Waals surface area contributed by atoms with E-state index in [-0.39, 0.29) is 24.3 Å². The van der Waals surface area contributed by atoms with Gasteiger partial charge in [-0.2, -0.15) is 0 Å². The van der Waals surface area contributed by atoms with Crippen LogP contribution in [0.4, 0.5) is 0 Å². The van der Waals surface area contributed by atoms with Crippen molar-refractivity contribution >= 4 is 45.8 Å². The van der Waals surface area contributed by atoms with E-state index in [0.29, 0.717) is 16.2 Å². The first-order chi connectivity index (χ1) is 12.0. The van der Waals surface area contributed by atoms with Crippen molar-refractivity contribution in [1.29, 1.82) is 0 Å². The largest absolute Gasteiger partial charge is 0.450 e. The van der Waals surface area contributed by atoms with Crippen molar-refractivity contribution in [1.82, 2.24) is 5.32 Å². The summed E-state index contributed by atoms with van der Waals surface area (Å²) in [7, 11) is 0. The molecule has 3 rings (SSSR count). The maximum absolute atomic E-state index is 12.2. The van der Waals surface area contributed by atoms with Gasteiger partial charge < -0.3 is 14.5 Å². The molecule has 1 atom stereocenters. The average Bonchev–Trinajstić information content (AvgIpc) is 3.22. The fraction of sp³-hybridized carbons (Fsp3) is 0.222. The first kappa shape index (κ1) is 17.5. The molecule has 0 aliphatic heterocycles. The lowest BCUT2D eigenvalue weighted by atomic mass is 10.1. The van der Waals surface area contributed by atoms with Gasteiger partial charge in [0.15, 0.2) is 12.2 Å². The maximum Gasteiger partial charge on any atom is 0.375 e. The van der Waals surface area contributed by atoms with Gasteiger partial charge >= 0.3 is 5.97 Å². The second-order valence-corrected chi connectivity index (χ2v) is 6.94. The van der Waals surface area contributed by atoms with Crippen LogP contribution in [0.25, 0.3) is 11.0 Å². The Hall–Kier alpha value is -2.31. The molecule has 0 aliphatic carbocycles. The van der Waals surface area contributed by atoms with Gasteiger partial charge in [0.05, 0.1) is 11.1 Å². The van der Waals surface area contributed by atoms with E-state index < -0.39 is 5.97 Å². The van der Waals surface area contributed by atoms with Gasteiger partial charge in [0.2, 0.25) is 5.76 Å². The summed E-state index contributed by atoms with van der Waals surface area (Å²) in [4.78, 5) is 25.2. The van der Waals surface area contributed by atoms with E-state index >= 15 is 0 Å². The predicted molar refractivity (Wildman–Crippen MR) is 97.1 cm³/mol. The van der Waals surface area contributed by atoms with E-state index in [0.717, 1.165) is 10.3 Å². The van der Waals surface area contributed by atoms with Gasteiger partial charge in [-0.1, -0.05) is 29.8 Å². The highest BCUT2D eigenvalue weighted by Crippen LogP contribution is 2.31. The summed E-state index contributed by atoms with van der Waals surface area (Å²) in [5.74, 6) is -1.01. The highest BCUT2D eigenvalue weighted by atomic mass is 35.5. The Morgan fingerprint density at radius 1 is 1.32 bits per heavy atom. The number of rotatable bonds is 5. The molecule has 1 aromatic carbocycles. The number of furan rings is 1. The van der Waals surface area contributed by atoms with E-state index in [2.05, 4.69) is 5.32 Å². The summed E-state index contributed by atoms with van der Waals surface area (Å²) in [5, 5.41) is 5.88. The van der Waals surface area contributed by atoms with Crippen LogP contribution in [0.1, 0.15) is 34.0 Å². The molecule has 2 heterocycles. The smallest absolute Gasteiger partial charge is 0.375 e. The lowest BCUT2D eigenvalue weighted by Crippen LogP contribution is -2.30. The van der Waals surface area contributed by atoms with Crippen LogP contribution in [0.5, 0.6) is 0 Å². The van der Waals surface area contributed by atoms with Crippen molar-refractivity contribution in [2.75, 3.05) is 6.61 Å². The molecule has 130 valence electrons. The standard InChI is InChI=1S/C18H16ClNO4S/c1-10-12-5-3-6-13(19)17(12)24-16(10)18(22)23-9-15(21)20-11(2)14-7-4-8-25-14/h3-8,11H,9H2,1-2H3,(H,20,21). The zero-order valence-corrected chi connectivity index (χ0v) is 15.2. The number of carbonyl (C=O) groups is 2. The number of ether oxygens (including phenoxy) is 1. The summed E-state index contributed by atoms with van der Waals surface area (Å²) in [6.45, 7) is 3.24. The Morgan fingerprint density at radius 2 is 2.12 bits per heavy atom. The minimum absolute atomic E-state index is 0.0576. The fourth-order valence-corrected chi connectivity index (χ4v) is 3.44. The summed E-state index contributed by atoms with van der Waals surface area (Å²) in [6.07, 6.45) is 0. The second-order valence-electron chi connectivity index (χ2n) is 5.55. The van der Waals surface area contributed by atoms with Crippen LogP contribution < -0.4 is 5.32 Å². The third-order valence-corrected chi connectivity index (χ3v) is 5.14. The number of amides is 1. The van der Waals surface area contributed by atoms with Gasteiger partial charge in [-0.3, -0.25) is 4.79 Å². The molecule has 0 fully saturated rings. The maximum atomic E-state index is 12.2. The molecule has 0 saturated carbocycles. The van der Waals surface area contributed by atoms with Crippen molar-refractivity contribution in [3.8, 4) is 0 Å². The Kier molecular flexibility index (Phi) is 5.11. The minimum Gasteiger partial charge on any atom is -0.450 e. The molecular weight excluding hydrogens is 362 g/mol. The average molecular weight is 378 g/mol. The summed E-state index contributed by atoms with van der Waals surface area (Å²) in [5.41, 5.74) is 1.07. The highest BCUT2D eigenvalue weighted by Gasteiger charge is 2.21. The zero-order chi connectivity index (χ0) is 18.0. The minimum atomic E-state index is -0.691. The second kappa shape index (κ2) is 7.29. The molecule has 1 N–H and O–H groups in total. The predicted octanol–water partition coefficient (Wildman–Crippen LogP) is 4.49. The van der Waals surface area contributed by atoms with Crippen LogP contribution in [0.15, 0.2) is 40.1 Å². The zero-order valence-electron chi connectivity index (χ0n) is 13.7. The van der Waals surface area contributed by atoms with Crippen molar-refractivity contribution in [2.45, 2.75) is 19.9 Å². The number of aryl methyl sites for hydroxylation is 1. The van der Waals surface area contributed by atoms with Gasteiger partial charge in [-0.25, -0.2) is 4.79 Å². The fourth-order valence-electron chi connectivity index (χ4n) is 2.49. The molecule has 3 aromatic rings. The van der Waals surface area contributed by atoms with Crippen LogP contribution >= 0.6 is 22.9 Å². The van der Waals surface area contributed by atoms with Crippen molar-refractivity contribution in [3.05, 3.63) is 56.9 Å². The third-order valence-electron chi connectivity index (χ3n) is 3.78.